The van der Waals surface area contributed by atoms with E-state index >= 15 is 0 Å². The summed E-state index contributed by atoms with van der Waals surface area (Å²) in [4.78, 5) is 16.7. The van der Waals surface area contributed by atoms with Crippen LogP contribution < -0.4 is 0 Å². The van der Waals surface area contributed by atoms with Gasteiger partial charge in [0.15, 0.2) is 0 Å². The molecule has 21 heavy (non-hydrogen) atoms. The van der Waals surface area contributed by atoms with Gasteiger partial charge in [-0.2, -0.15) is 0 Å². The Morgan fingerprint density at radius 3 is 2.57 bits per heavy atom. The fourth-order valence-electron chi connectivity index (χ4n) is 2.33. The summed E-state index contributed by atoms with van der Waals surface area (Å²) in [5.41, 5.74) is 0.353. The molecule has 0 radical (unpaired) electrons. The van der Waals surface area contributed by atoms with Gasteiger partial charge in [-0.3, -0.25) is 4.90 Å². The number of benzene rings is 1. The van der Waals surface area contributed by atoms with Crippen molar-refractivity contribution < 1.29 is 9.53 Å². The first kappa shape index (κ1) is 16.6. The maximum Gasteiger partial charge on any atom is 0.339 e. The van der Waals surface area contributed by atoms with E-state index < -0.39 is 5.97 Å². The molecule has 0 amide bonds. The number of hydrogen-bond acceptors (Lipinski definition) is 4. The fourth-order valence-corrected chi connectivity index (χ4v) is 2.82. The van der Waals surface area contributed by atoms with Crippen molar-refractivity contribution in [3.05, 3.63) is 33.8 Å². The molecule has 0 N–H and O–H groups in total. The topological polar surface area (TPSA) is 32.8 Å². The van der Waals surface area contributed by atoms with Crippen LogP contribution in [0.1, 0.15) is 17.3 Å². The van der Waals surface area contributed by atoms with Gasteiger partial charge in [0.05, 0.1) is 10.6 Å². The standard InChI is InChI=1S/C15H20Cl2N2O2/c1-11(10-19-7-5-18(2)6-8-19)21-15(20)13-4-3-12(16)9-14(13)17/h3-4,9,11H,5-8,10H2,1-2H3/t11-/m0/s1. The zero-order chi connectivity index (χ0) is 15.4. The van der Waals surface area contributed by atoms with Crippen molar-refractivity contribution in [1.82, 2.24) is 9.80 Å². The van der Waals surface area contributed by atoms with Gasteiger partial charge in [0.1, 0.15) is 6.10 Å². The number of likely N-dealkylation sites (N-methyl/N-ethyl adjacent to an activating group) is 1. The predicted molar refractivity (Wildman–Crippen MR) is 85.3 cm³/mol. The van der Waals surface area contributed by atoms with Crippen molar-refractivity contribution in [1.29, 1.82) is 0 Å². The number of esters is 1. The Bertz CT molecular complexity index is 502. The SMILES string of the molecule is C[C@@H](CN1CCN(C)CC1)OC(=O)c1ccc(Cl)cc1Cl. The molecule has 6 heteroatoms. The zero-order valence-corrected chi connectivity index (χ0v) is 13.8. The first-order valence-corrected chi connectivity index (χ1v) is 7.78. The van der Waals surface area contributed by atoms with Crippen molar-refractivity contribution in [3.63, 3.8) is 0 Å². The molecule has 1 aliphatic heterocycles. The van der Waals surface area contributed by atoms with Crippen LogP contribution in [-0.2, 0) is 4.74 Å². The maximum absolute atomic E-state index is 12.1. The van der Waals surface area contributed by atoms with Gasteiger partial charge in [0.25, 0.3) is 0 Å². The molecule has 1 aliphatic rings. The summed E-state index contributed by atoms with van der Waals surface area (Å²) in [7, 11) is 2.11. The third kappa shape index (κ3) is 4.85. The van der Waals surface area contributed by atoms with Crippen molar-refractivity contribution in [2.24, 2.45) is 0 Å². The Kier molecular flexibility index (Phi) is 5.88. The van der Waals surface area contributed by atoms with E-state index in [1.54, 1.807) is 18.2 Å². The van der Waals surface area contributed by atoms with Crippen LogP contribution in [0.15, 0.2) is 18.2 Å². The average Bonchev–Trinajstić information content (AvgIpc) is 2.41. The van der Waals surface area contributed by atoms with Crippen molar-refractivity contribution in [2.75, 3.05) is 39.8 Å². The van der Waals surface area contributed by atoms with Crippen LogP contribution in [0.5, 0.6) is 0 Å². The van der Waals surface area contributed by atoms with E-state index in [2.05, 4.69) is 16.8 Å². The Hall–Kier alpha value is -0.810. The van der Waals surface area contributed by atoms with E-state index in [4.69, 9.17) is 27.9 Å². The summed E-state index contributed by atoms with van der Waals surface area (Å²) < 4.78 is 5.46. The minimum absolute atomic E-state index is 0.173. The molecule has 1 heterocycles. The number of piperazine rings is 1. The molecule has 1 atom stereocenters. The molecule has 0 aromatic heterocycles. The highest BCUT2D eigenvalue weighted by molar-refractivity contribution is 6.36. The number of carbonyl (C=O) groups is 1. The van der Waals surface area contributed by atoms with Gasteiger partial charge in [0, 0.05) is 37.7 Å². The van der Waals surface area contributed by atoms with E-state index in [9.17, 15) is 4.79 Å². The summed E-state index contributed by atoms with van der Waals surface area (Å²) in [5.74, 6) is -0.404. The molecule has 116 valence electrons. The molecule has 0 saturated carbocycles. The highest BCUT2D eigenvalue weighted by atomic mass is 35.5. The molecular weight excluding hydrogens is 311 g/mol. The third-order valence-corrected chi connectivity index (χ3v) is 4.12. The summed E-state index contributed by atoms with van der Waals surface area (Å²) in [6, 6.07) is 4.77. The molecule has 1 fully saturated rings. The smallest absolute Gasteiger partial charge is 0.339 e. The average molecular weight is 331 g/mol. The lowest BCUT2D eigenvalue weighted by molar-refractivity contribution is 0.0207. The molecule has 4 nitrogen and oxygen atoms in total. The number of halogens is 2. The maximum atomic E-state index is 12.1. The van der Waals surface area contributed by atoms with Crippen LogP contribution in [0, 0.1) is 0 Å². The quantitative estimate of drug-likeness (QED) is 0.795. The largest absolute Gasteiger partial charge is 0.458 e. The van der Waals surface area contributed by atoms with Gasteiger partial charge < -0.3 is 9.64 Å². The van der Waals surface area contributed by atoms with Gasteiger partial charge in [-0.25, -0.2) is 4.79 Å². The van der Waals surface area contributed by atoms with Gasteiger partial charge in [-0.15, -0.1) is 0 Å². The van der Waals surface area contributed by atoms with Crippen molar-refractivity contribution in [3.8, 4) is 0 Å². The van der Waals surface area contributed by atoms with Crippen LogP contribution in [0.4, 0.5) is 0 Å². The van der Waals surface area contributed by atoms with Crippen LogP contribution in [0.25, 0.3) is 0 Å². The van der Waals surface area contributed by atoms with Gasteiger partial charge in [-0.1, -0.05) is 23.2 Å². The Labute approximate surface area is 135 Å². The summed E-state index contributed by atoms with van der Waals surface area (Å²) >= 11 is 11.8. The lowest BCUT2D eigenvalue weighted by Gasteiger charge is -2.33. The molecule has 2 rings (SSSR count). The monoisotopic (exact) mass is 330 g/mol. The number of nitrogens with zero attached hydrogens (tertiary/aromatic N) is 2. The van der Waals surface area contributed by atoms with Crippen LogP contribution in [-0.4, -0.2) is 61.6 Å². The minimum Gasteiger partial charge on any atom is -0.458 e. The number of rotatable bonds is 4. The Balaban J connectivity index is 1.87. The van der Waals surface area contributed by atoms with Crippen molar-refractivity contribution in [2.45, 2.75) is 13.0 Å². The third-order valence-electron chi connectivity index (χ3n) is 3.57. The summed E-state index contributed by atoms with van der Waals surface area (Å²) in [6.07, 6.45) is -0.173. The van der Waals surface area contributed by atoms with Crippen LogP contribution in [0.3, 0.4) is 0 Å². The van der Waals surface area contributed by atoms with E-state index in [-0.39, 0.29) is 6.10 Å². The molecular formula is C15H20Cl2N2O2. The minimum atomic E-state index is -0.404. The number of carbonyl (C=O) groups excluding carboxylic acids is 1. The van der Waals surface area contributed by atoms with Gasteiger partial charge in [-0.05, 0) is 32.2 Å². The number of ether oxygens (including phenoxy) is 1. The second-order valence-corrected chi connectivity index (χ2v) is 6.29. The van der Waals surface area contributed by atoms with Gasteiger partial charge in [0.2, 0.25) is 0 Å². The highest BCUT2D eigenvalue weighted by Crippen LogP contribution is 2.22. The molecule has 0 aliphatic carbocycles. The molecule has 0 unspecified atom stereocenters. The number of hydrogen-bond donors (Lipinski definition) is 0. The van der Waals surface area contributed by atoms with Crippen LogP contribution >= 0.6 is 23.2 Å². The zero-order valence-electron chi connectivity index (χ0n) is 12.3. The fraction of sp³-hybridized carbons (Fsp3) is 0.533. The molecule has 1 saturated heterocycles. The summed E-state index contributed by atoms with van der Waals surface area (Å²) in [6.45, 7) is 6.73. The van der Waals surface area contributed by atoms with E-state index in [0.717, 1.165) is 32.7 Å². The second-order valence-electron chi connectivity index (χ2n) is 5.44. The molecule has 1 aromatic carbocycles. The predicted octanol–water partition coefficient (Wildman–Crippen LogP) is 2.79. The lowest BCUT2D eigenvalue weighted by Crippen LogP contribution is -2.47. The normalized spacial score (nSPS) is 18.5. The Morgan fingerprint density at radius 1 is 1.29 bits per heavy atom. The molecule has 0 bridgehead atoms. The Morgan fingerprint density at radius 2 is 1.95 bits per heavy atom. The van der Waals surface area contributed by atoms with E-state index in [0.29, 0.717) is 15.6 Å². The summed E-state index contributed by atoms with van der Waals surface area (Å²) in [5, 5.41) is 0.821. The van der Waals surface area contributed by atoms with E-state index in [1.165, 1.54) is 0 Å². The van der Waals surface area contributed by atoms with Crippen molar-refractivity contribution >= 4 is 29.2 Å². The molecule has 1 aromatic rings. The first-order chi connectivity index (χ1) is 9.95. The molecule has 0 spiro atoms. The lowest BCUT2D eigenvalue weighted by atomic mass is 10.2. The van der Waals surface area contributed by atoms with Gasteiger partial charge >= 0.3 is 5.97 Å². The first-order valence-electron chi connectivity index (χ1n) is 7.02. The van der Waals surface area contributed by atoms with E-state index in [1.807, 2.05) is 6.92 Å². The highest BCUT2D eigenvalue weighted by Gasteiger charge is 2.20. The van der Waals surface area contributed by atoms with Crippen LogP contribution in [0.2, 0.25) is 10.0 Å². The second kappa shape index (κ2) is 7.45.